The molecule has 0 radical (unpaired) electrons. The first-order chi connectivity index (χ1) is 15.5. The number of anilines is 1. The number of benzene rings is 1. The zero-order chi connectivity index (χ0) is 23.9. The Bertz CT molecular complexity index is 1500. The lowest BCUT2D eigenvalue weighted by Crippen LogP contribution is -2.42. The van der Waals surface area contributed by atoms with Gasteiger partial charge in [0.05, 0.1) is 16.1 Å². The van der Waals surface area contributed by atoms with Crippen molar-refractivity contribution in [2.24, 2.45) is 7.05 Å². The molecule has 0 fully saturated rings. The number of hydrogen-bond donors (Lipinski definition) is 1. The predicted octanol–water partition coefficient (Wildman–Crippen LogP) is 3.18. The van der Waals surface area contributed by atoms with Gasteiger partial charge in [-0.3, -0.25) is 18.7 Å². The van der Waals surface area contributed by atoms with Gasteiger partial charge in [0.1, 0.15) is 17.9 Å². The molecular weight excluding hydrogens is 459 g/mol. The first-order valence-corrected chi connectivity index (χ1v) is 10.4. The van der Waals surface area contributed by atoms with Crippen molar-refractivity contribution >= 4 is 34.0 Å². The summed E-state index contributed by atoms with van der Waals surface area (Å²) in [5, 5.41) is 5.19. The van der Waals surface area contributed by atoms with Crippen LogP contribution in [0.25, 0.3) is 22.3 Å². The minimum absolute atomic E-state index is 0.209. The van der Waals surface area contributed by atoms with Gasteiger partial charge in [0.2, 0.25) is 5.91 Å². The Hall–Kier alpha value is -3.80. The summed E-state index contributed by atoms with van der Waals surface area (Å²) in [6, 6.07) is 8.51. The average Bonchev–Trinajstić information content (AvgIpc) is 3.20. The Morgan fingerprint density at radius 2 is 1.91 bits per heavy atom. The lowest BCUT2D eigenvalue weighted by atomic mass is 10.1. The number of fused-ring (bicyclic) bond motifs is 1. The van der Waals surface area contributed by atoms with Gasteiger partial charge in [-0.2, -0.15) is 13.2 Å². The van der Waals surface area contributed by atoms with E-state index in [9.17, 15) is 27.6 Å². The summed E-state index contributed by atoms with van der Waals surface area (Å²) in [6.45, 7) is 1.25. The second kappa shape index (κ2) is 8.28. The lowest BCUT2D eigenvalue weighted by molar-refractivity contribution is -0.141. The van der Waals surface area contributed by atoms with Crippen molar-refractivity contribution in [3.05, 3.63) is 73.3 Å². The third-order valence-corrected chi connectivity index (χ3v) is 5.61. The minimum atomic E-state index is -4.73. The molecule has 3 heterocycles. The molecule has 4 aromatic rings. The number of pyridine rings is 1. The van der Waals surface area contributed by atoms with Crippen LogP contribution in [-0.2, 0) is 24.6 Å². The third kappa shape index (κ3) is 4.42. The van der Waals surface area contributed by atoms with Gasteiger partial charge in [-0.25, -0.2) is 14.8 Å². The van der Waals surface area contributed by atoms with Crippen molar-refractivity contribution in [2.45, 2.75) is 19.6 Å². The van der Waals surface area contributed by atoms with Crippen molar-refractivity contribution in [3.8, 4) is 11.3 Å². The van der Waals surface area contributed by atoms with E-state index in [1.165, 1.54) is 18.4 Å². The monoisotopic (exact) mass is 475 g/mol. The molecule has 12 heteroatoms. The molecule has 1 amide bonds. The van der Waals surface area contributed by atoms with Gasteiger partial charge in [0, 0.05) is 23.7 Å². The largest absolute Gasteiger partial charge is 0.433 e. The summed E-state index contributed by atoms with van der Waals surface area (Å²) in [5.41, 5.74) is -1.54. The summed E-state index contributed by atoms with van der Waals surface area (Å²) in [7, 11) is 1.19. The Labute approximate surface area is 188 Å². The van der Waals surface area contributed by atoms with Crippen LogP contribution in [0.4, 0.5) is 18.9 Å². The molecule has 0 aliphatic heterocycles. The summed E-state index contributed by atoms with van der Waals surface area (Å²) in [6.07, 6.45) is -4.73. The van der Waals surface area contributed by atoms with Crippen molar-refractivity contribution in [1.29, 1.82) is 0 Å². The van der Waals surface area contributed by atoms with E-state index in [1.54, 1.807) is 18.2 Å². The van der Waals surface area contributed by atoms with E-state index in [-0.39, 0.29) is 5.39 Å². The van der Waals surface area contributed by atoms with E-state index in [1.807, 2.05) is 18.4 Å². The molecule has 3 aromatic heterocycles. The number of aromatic nitrogens is 4. The number of alkyl halides is 3. The highest BCUT2D eigenvalue weighted by atomic mass is 32.1. The number of carbonyl (C=O) groups excluding carboxylic acids is 1. The van der Waals surface area contributed by atoms with Crippen LogP contribution in [0.15, 0.2) is 51.4 Å². The Morgan fingerprint density at radius 3 is 2.58 bits per heavy atom. The first-order valence-electron chi connectivity index (χ1n) is 9.55. The van der Waals surface area contributed by atoms with Gasteiger partial charge in [-0.1, -0.05) is 12.1 Å². The van der Waals surface area contributed by atoms with Crippen molar-refractivity contribution in [2.75, 3.05) is 5.32 Å². The molecule has 0 unspecified atom stereocenters. The fourth-order valence-corrected chi connectivity index (χ4v) is 3.89. The molecule has 0 bridgehead atoms. The van der Waals surface area contributed by atoms with Gasteiger partial charge in [0.15, 0.2) is 0 Å². The van der Waals surface area contributed by atoms with E-state index in [0.29, 0.717) is 16.3 Å². The standard InChI is InChI=1S/C21H16F3N5O3S/c1-11-25-15(10-33-11)12-4-3-5-13(8-12)26-17(30)9-29-19(31)14-6-7-16(21(22,23)24)27-18(14)28(2)20(29)32/h3-8,10H,9H2,1-2H3,(H,26,30). The van der Waals surface area contributed by atoms with Gasteiger partial charge >= 0.3 is 11.9 Å². The number of nitrogens with one attached hydrogen (secondary N) is 1. The molecule has 33 heavy (non-hydrogen) atoms. The fraction of sp³-hybridized carbons (Fsp3) is 0.190. The number of aryl methyl sites for hydroxylation is 2. The maximum Gasteiger partial charge on any atom is 0.433 e. The van der Waals surface area contributed by atoms with E-state index in [2.05, 4.69) is 15.3 Å². The molecule has 1 aromatic carbocycles. The second-order valence-corrected chi connectivity index (χ2v) is 8.24. The first kappa shape index (κ1) is 22.4. The number of amides is 1. The number of rotatable bonds is 4. The highest BCUT2D eigenvalue weighted by Gasteiger charge is 2.33. The van der Waals surface area contributed by atoms with E-state index >= 15 is 0 Å². The predicted molar refractivity (Wildman–Crippen MR) is 117 cm³/mol. The molecule has 0 atom stereocenters. The van der Waals surface area contributed by atoms with Gasteiger partial charge < -0.3 is 5.32 Å². The van der Waals surface area contributed by atoms with E-state index in [0.717, 1.165) is 26.9 Å². The highest BCUT2D eigenvalue weighted by molar-refractivity contribution is 7.09. The molecular formula is C21H16F3N5O3S. The van der Waals surface area contributed by atoms with Crippen LogP contribution in [-0.4, -0.2) is 25.0 Å². The van der Waals surface area contributed by atoms with Crippen molar-refractivity contribution in [1.82, 2.24) is 19.1 Å². The van der Waals surface area contributed by atoms with Crippen molar-refractivity contribution in [3.63, 3.8) is 0 Å². The zero-order valence-electron chi connectivity index (χ0n) is 17.3. The molecule has 0 aliphatic carbocycles. The van der Waals surface area contributed by atoms with Crippen LogP contribution >= 0.6 is 11.3 Å². The van der Waals surface area contributed by atoms with Crippen LogP contribution < -0.4 is 16.6 Å². The molecule has 170 valence electrons. The van der Waals surface area contributed by atoms with Crippen LogP contribution in [0.3, 0.4) is 0 Å². The van der Waals surface area contributed by atoms with Crippen LogP contribution in [0.5, 0.6) is 0 Å². The second-order valence-electron chi connectivity index (χ2n) is 7.18. The minimum Gasteiger partial charge on any atom is -0.325 e. The Balaban J connectivity index is 1.63. The number of hydrogen-bond acceptors (Lipinski definition) is 6. The molecule has 8 nitrogen and oxygen atoms in total. The van der Waals surface area contributed by atoms with Gasteiger partial charge in [0.25, 0.3) is 5.56 Å². The number of halogens is 3. The Kier molecular flexibility index (Phi) is 5.62. The Morgan fingerprint density at radius 1 is 1.15 bits per heavy atom. The molecule has 0 saturated carbocycles. The third-order valence-electron chi connectivity index (χ3n) is 4.84. The van der Waals surface area contributed by atoms with Crippen molar-refractivity contribution < 1.29 is 18.0 Å². The van der Waals surface area contributed by atoms with Crippen LogP contribution in [0, 0.1) is 6.92 Å². The SMILES string of the molecule is Cc1nc(-c2cccc(NC(=O)Cn3c(=O)c4ccc(C(F)(F)F)nc4n(C)c3=O)c2)cs1. The number of carbonyl (C=O) groups is 1. The molecule has 1 N–H and O–H groups in total. The maximum atomic E-state index is 13.0. The molecule has 4 rings (SSSR count). The number of thiazole rings is 1. The fourth-order valence-electron chi connectivity index (χ4n) is 3.27. The topological polar surface area (TPSA) is 98.9 Å². The smallest absolute Gasteiger partial charge is 0.325 e. The van der Waals surface area contributed by atoms with Gasteiger partial charge in [-0.15, -0.1) is 11.3 Å². The highest BCUT2D eigenvalue weighted by Crippen LogP contribution is 2.28. The van der Waals surface area contributed by atoms with Gasteiger partial charge in [-0.05, 0) is 31.2 Å². The quantitative estimate of drug-likeness (QED) is 0.489. The van der Waals surface area contributed by atoms with E-state index < -0.39 is 41.2 Å². The van der Waals surface area contributed by atoms with Crippen LogP contribution in [0.2, 0.25) is 0 Å². The lowest BCUT2D eigenvalue weighted by Gasteiger charge is -2.12. The molecule has 0 saturated heterocycles. The maximum absolute atomic E-state index is 13.0. The summed E-state index contributed by atoms with van der Waals surface area (Å²) >= 11 is 1.49. The summed E-state index contributed by atoms with van der Waals surface area (Å²) in [5.74, 6) is -0.653. The normalized spacial score (nSPS) is 11.7. The zero-order valence-corrected chi connectivity index (χ0v) is 18.1. The molecule has 0 spiro atoms. The van der Waals surface area contributed by atoms with E-state index in [4.69, 9.17) is 0 Å². The molecule has 0 aliphatic rings. The average molecular weight is 475 g/mol. The summed E-state index contributed by atoms with van der Waals surface area (Å²) < 4.78 is 40.3. The number of nitrogens with zero attached hydrogens (tertiary/aromatic N) is 4. The van der Waals surface area contributed by atoms with Crippen LogP contribution in [0.1, 0.15) is 10.7 Å². The summed E-state index contributed by atoms with van der Waals surface area (Å²) in [4.78, 5) is 45.7.